The van der Waals surface area contributed by atoms with Gasteiger partial charge in [0.2, 0.25) is 0 Å². The molecule has 5 heteroatoms. The van der Waals surface area contributed by atoms with Crippen molar-refractivity contribution in [3.05, 3.63) is 35.4 Å². The highest BCUT2D eigenvalue weighted by Gasteiger charge is 2.64. The molecule has 1 aromatic rings. The van der Waals surface area contributed by atoms with E-state index in [-0.39, 0.29) is 16.2 Å². The molecule has 4 aliphatic rings. The van der Waals surface area contributed by atoms with E-state index in [2.05, 4.69) is 64.0 Å². The zero-order valence-corrected chi connectivity index (χ0v) is 18.8. The SMILES string of the molecule is CN1CC[C@]23c4c5ccc(O[Si](C)(C)C(C)(C)C)c4O[C@H]2C(=O)C=C[C@H]3[C@H]1C5. The molecule has 1 aromatic carbocycles. The Morgan fingerprint density at radius 1 is 1.29 bits per heavy atom. The Morgan fingerprint density at radius 2 is 2.04 bits per heavy atom. The lowest BCUT2D eigenvalue weighted by Gasteiger charge is -2.55. The monoisotopic (exact) mass is 397 g/mol. The second kappa shape index (κ2) is 5.51. The first-order valence-electron chi connectivity index (χ1n) is 10.5. The van der Waals surface area contributed by atoms with Crippen LogP contribution in [0.4, 0.5) is 0 Å². The van der Waals surface area contributed by atoms with Crippen LogP contribution in [-0.4, -0.2) is 44.7 Å². The molecule has 0 unspecified atom stereocenters. The number of carbonyl (C=O) groups is 1. The molecule has 2 aliphatic carbocycles. The molecule has 28 heavy (non-hydrogen) atoms. The van der Waals surface area contributed by atoms with Gasteiger partial charge in [0.1, 0.15) is 5.75 Å². The third-order valence-electron chi connectivity index (χ3n) is 8.16. The van der Waals surface area contributed by atoms with Crippen LogP contribution in [-0.2, 0) is 16.6 Å². The minimum Gasteiger partial charge on any atom is -0.541 e. The van der Waals surface area contributed by atoms with E-state index in [0.717, 1.165) is 30.9 Å². The summed E-state index contributed by atoms with van der Waals surface area (Å²) in [6, 6.07) is 4.77. The quantitative estimate of drug-likeness (QED) is 0.705. The lowest BCUT2D eigenvalue weighted by molar-refractivity contribution is -0.127. The van der Waals surface area contributed by atoms with Gasteiger partial charge in [0.05, 0.1) is 5.41 Å². The van der Waals surface area contributed by atoms with E-state index < -0.39 is 14.4 Å². The van der Waals surface area contributed by atoms with Crippen LogP contribution in [0.15, 0.2) is 24.3 Å². The van der Waals surface area contributed by atoms with Gasteiger partial charge in [-0.15, -0.1) is 0 Å². The van der Waals surface area contributed by atoms with E-state index in [0.29, 0.717) is 12.0 Å². The molecule has 1 fully saturated rings. The molecule has 2 aliphatic heterocycles. The maximum Gasteiger partial charge on any atom is 0.250 e. The third kappa shape index (κ3) is 2.18. The van der Waals surface area contributed by atoms with Crippen LogP contribution >= 0.6 is 0 Å². The molecule has 0 aromatic heterocycles. The molecule has 0 saturated carbocycles. The van der Waals surface area contributed by atoms with Gasteiger partial charge < -0.3 is 14.1 Å². The smallest absolute Gasteiger partial charge is 0.250 e. The fraction of sp³-hybridized carbons (Fsp3) is 0.609. The van der Waals surface area contributed by atoms with Crippen molar-refractivity contribution in [1.82, 2.24) is 4.90 Å². The number of hydrogen-bond donors (Lipinski definition) is 0. The highest BCUT2D eigenvalue weighted by molar-refractivity contribution is 6.74. The summed E-state index contributed by atoms with van der Waals surface area (Å²) in [4.78, 5) is 15.4. The summed E-state index contributed by atoms with van der Waals surface area (Å²) < 4.78 is 13.2. The van der Waals surface area contributed by atoms with Crippen molar-refractivity contribution in [3.8, 4) is 11.5 Å². The normalized spacial score (nSPS) is 33.5. The maximum atomic E-state index is 12.9. The molecule has 0 amide bonds. The molecule has 0 N–H and O–H groups in total. The Kier molecular flexibility index (Phi) is 3.63. The summed E-state index contributed by atoms with van der Waals surface area (Å²) >= 11 is 0. The lowest BCUT2D eigenvalue weighted by Crippen LogP contribution is -2.64. The van der Waals surface area contributed by atoms with E-state index in [4.69, 9.17) is 9.16 Å². The van der Waals surface area contributed by atoms with Gasteiger partial charge in [-0.3, -0.25) is 4.79 Å². The Hall–Kier alpha value is -1.59. The minimum absolute atomic E-state index is 0.109. The van der Waals surface area contributed by atoms with Crippen LogP contribution in [0.5, 0.6) is 11.5 Å². The number of ether oxygens (including phenoxy) is 1. The number of likely N-dealkylation sites (N-methyl/N-ethyl adjacent to an activating group) is 1. The van der Waals surface area contributed by atoms with Crippen molar-refractivity contribution < 1.29 is 14.0 Å². The number of likely N-dealkylation sites (tertiary alicyclic amines) is 1. The summed E-state index contributed by atoms with van der Waals surface area (Å²) in [5.74, 6) is 2.16. The second-order valence-corrected chi connectivity index (χ2v) is 15.3. The molecule has 0 radical (unpaired) electrons. The highest BCUT2D eigenvalue weighted by atomic mass is 28.4. The van der Waals surface area contributed by atoms with Gasteiger partial charge in [-0.2, -0.15) is 0 Å². The highest BCUT2D eigenvalue weighted by Crippen LogP contribution is 2.62. The maximum absolute atomic E-state index is 12.9. The molecular formula is C23H31NO3Si. The molecule has 2 heterocycles. The summed E-state index contributed by atoms with van der Waals surface area (Å²) in [6.07, 6.45) is 5.53. The number of rotatable bonds is 2. The van der Waals surface area contributed by atoms with Crippen LogP contribution < -0.4 is 9.16 Å². The van der Waals surface area contributed by atoms with Crippen molar-refractivity contribution in [1.29, 1.82) is 0 Å². The Bertz CT molecular complexity index is 900. The summed E-state index contributed by atoms with van der Waals surface area (Å²) in [5.41, 5.74) is 2.41. The Labute approximate surface area is 169 Å². The van der Waals surface area contributed by atoms with Gasteiger partial charge in [-0.1, -0.05) is 32.9 Å². The zero-order valence-electron chi connectivity index (χ0n) is 17.8. The Morgan fingerprint density at radius 3 is 2.75 bits per heavy atom. The Balaban J connectivity index is 1.68. The van der Waals surface area contributed by atoms with Crippen LogP contribution in [0.25, 0.3) is 0 Å². The molecule has 2 bridgehead atoms. The van der Waals surface area contributed by atoms with Crippen molar-refractivity contribution in [2.75, 3.05) is 13.6 Å². The number of ketones is 1. The van der Waals surface area contributed by atoms with Gasteiger partial charge in [0, 0.05) is 17.5 Å². The first-order chi connectivity index (χ1) is 13.1. The van der Waals surface area contributed by atoms with E-state index in [1.54, 1.807) is 6.08 Å². The summed E-state index contributed by atoms with van der Waals surface area (Å²) in [7, 11) is 0.211. The number of nitrogens with zero attached hydrogens (tertiary/aromatic N) is 1. The van der Waals surface area contributed by atoms with Gasteiger partial charge >= 0.3 is 0 Å². The van der Waals surface area contributed by atoms with E-state index in [1.807, 2.05) is 0 Å². The van der Waals surface area contributed by atoms with Gasteiger partial charge in [0.15, 0.2) is 17.6 Å². The van der Waals surface area contributed by atoms with Crippen LogP contribution in [0.2, 0.25) is 18.1 Å². The second-order valence-electron chi connectivity index (χ2n) is 10.6. The van der Waals surface area contributed by atoms with Gasteiger partial charge in [-0.05, 0) is 62.3 Å². The first-order valence-corrected chi connectivity index (χ1v) is 13.4. The molecule has 150 valence electrons. The van der Waals surface area contributed by atoms with E-state index >= 15 is 0 Å². The molecule has 4 nitrogen and oxygen atoms in total. The first kappa shape index (κ1) is 18.4. The molecular weight excluding hydrogens is 366 g/mol. The van der Waals surface area contributed by atoms with Crippen LogP contribution in [0, 0.1) is 5.92 Å². The summed E-state index contributed by atoms with van der Waals surface area (Å²) in [5, 5.41) is 0.109. The average molecular weight is 398 g/mol. The topological polar surface area (TPSA) is 38.8 Å². The number of piperidine rings is 1. The van der Waals surface area contributed by atoms with Gasteiger partial charge in [0.25, 0.3) is 8.32 Å². The number of benzene rings is 1. The fourth-order valence-electron chi connectivity index (χ4n) is 5.58. The van der Waals surface area contributed by atoms with Crippen molar-refractivity contribution >= 4 is 14.1 Å². The van der Waals surface area contributed by atoms with E-state index in [1.165, 1.54) is 11.1 Å². The lowest BCUT2D eigenvalue weighted by atomic mass is 9.53. The van der Waals surface area contributed by atoms with E-state index in [9.17, 15) is 4.79 Å². The van der Waals surface area contributed by atoms with Crippen molar-refractivity contribution in [2.24, 2.45) is 5.92 Å². The molecule has 5 rings (SSSR count). The largest absolute Gasteiger partial charge is 0.541 e. The van der Waals surface area contributed by atoms with Gasteiger partial charge in [-0.25, -0.2) is 0 Å². The predicted molar refractivity (Wildman–Crippen MR) is 113 cm³/mol. The third-order valence-corrected chi connectivity index (χ3v) is 12.5. The zero-order chi connectivity index (χ0) is 20.1. The molecule has 1 saturated heterocycles. The molecule has 1 spiro atoms. The number of carbonyl (C=O) groups excluding carboxylic acids is 1. The predicted octanol–water partition coefficient (Wildman–Crippen LogP) is 4.08. The number of hydrogen-bond acceptors (Lipinski definition) is 4. The minimum atomic E-state index is -2.00. The molecule has 4 atom stereocenters. The van der Waals surface area contributed by atoms with Crippen LogP contribution in [0.1, 0.15) is 38.3 Å². The summed E-state index contributed by atoms with van der Waals surface area (Å²) in [6.45, 7) is 12.3. The average Bonchev–Trinajstić information content (AvgIpc) is 2.96. The van der Waals surface area contributed by atoms with Crippen molar-refractivity contribution in [3.63, 3.8) is 0 Å². The van der Waals surface area contributed by atoms with Crippen LogP contribution in [0.3, 0.4) is 0 Å². The van der Waals surface area contributed by atoms with Crippen molar-refractivity contribution in [2.45, 2.75) is 69.3 Å². The fourth-order valence-corrected chi connectivity index (χ4v) is 6.60. The standard InChI is InChI=1S/C23H31NO3Si/c1-22(2,3)28(5,6)27-18-10-7-14-13-16-15-8-9-17(25)21-23(15,11-12-24(16)4)19(14)20(18)26-21/h7-10,15-16,21H,11-13H2,1-6H3/t15-,16+,21-,23-/m0/s1.